The Morgan fingerprint density at radius 3 is 2.44 bits per heavy atom. The zero-order chi connectivity index (χ0) is 13.3. The lowest BCUT2D eigenvalue weighted by atomic mass is 9.90. The molecule has 2 rings (SSSR count). The van der Waals surface area contributed by atoms with Crippen molar-refractivity contribution >= 4 is 10.8 Å². The molecule has 5 heteroatoms. The lowest BCUT2D eigenvalue weighted by molar-refractivity contribution is -0.177. The van der Waals surface area contributed by atoms with Gasteiger partial charge in [-0.2, -0.15) is 0 Å². The first-order chi connectivity index (χ1) is 8.45. The van der Waals surface area contributed by atoms with Crippen molar-refractivity contribution < 1.29 is 13.7 Å². The summed E-state index contributed by atoms with van der Waals surface area (Å²) in [5, 5.41) is 0.159. The van der Waals surface area contributed by atoms with Gasteiger partial charge in [0.05, 0.1) is 18.5 Å². The Kier molecular flexibility index (Phi) is 4.47. The topological polar surface area (TPSA) is 61.6 Å². The highest BCUT2D eigenvalue weighted by Gasteiger charge is 2.46. The maximum absolute atomic E-state index is 12.6. The van der Waals surface area contributed by atoms with Crippen LogP contribution in [0.4, 0.5) is 0 Å². The second kappa shape index (κ2) is 5.57. The van der Waals surface area contributed by atoms with Crippen molar-refractivity contribution in [1.29, 1.82) is 0 Å². The minimum Gasteiger partial charge on any atom is -0.347 e. The van der Waals surface area contributed by atoms with Gasteiger partial charge in [0, 0.05) is 34.9 Å². The molecule has 1 aliphatic heterocycles. The molecule has 1 spiro atoms. The molecule has 0 aromatic rings. The summed E-state index contributed by atoms with van der Waals surface area (Å²) in [6, 6.07) is 0.00505. The number of ether oxygens (including phenoxy) is 2. The molecule has 106 valence electrons. The Morgan fingerprint density at radius 2 is 1.89 bits per heavy atom. The predicted octanol–water partition coefficient (Wildman–Crippen LogP) is 1.40. The molecule has 4 nitrogen and oxygen atoms in total. The van der Waals surface area contributed by atoms with Crippen molar-refractivity contribution in [2.45, 2.75) is 62.4 Å². The Bertz CT molecular complexity index is 315. The van der Waals surface area contributed by atoms with Crippen LogP contribution in [0.25, 0.3) is 0 Å². The molecule has 4 unspecified atom stereocenters. The smallest absolute Gasteiger partial charge is 0.169 e. The fraction of sp³-hybridized carbons (Fsp3) is 1.00. The van der Waals surface area contributed by atoms with Crippen molar-refractivity contribution in [2.24, 2.45) is 11.7 Å². The molecule has 1 saturated carbocycles. The maximum atomic E-state index is 12.6. The molecule has 2 N–H and O–H groups in total. The Labute approximate surface area is 112 Å². The fourth-order valence-corrected chi connectivity index (χ4v) is 4.68. The summed E-state index contributed by atoms with van der Waals surface area (Å²) in [5.74, 6) is -0.0892. The van der Waals surface area contributed by atoms with E-state index in [0.29, 0.717) is 25.6 Å². The van der Waals surface area contributed by atoms with Gasteiger partial charge in [0.1, 0.15) is 0 Å². The van der Waals surface area contributed by atoms with Crippen molar-refractivity contribution in [1.82, 2.24) is 0 Å². The first-order valence-electron chi connectivity index (χ1n) is 6.88. The van der Waals surface area contributed by atoms with E-state index in [1.807, 2.05) is 6.92 Å². The van der Waals surface area contributed by atoms with Gasteiger partial charge in [-0.25, -0.2) is 0 Å². The van der Waals surface area contributed by atoms with Crippen LogP contribution in [-0.4, -0.2) is 39.8 Å². The third kappa shape index (κ3) is 2.79. The Hall–Kier alpha value is 0.0300. The van der Waals surface area contributed by atoms with E-state index in [9.17, 15) is 4.21 Å². The van der Waals surface area contributed by atoms with E-state index >= 15 is 0 Å². The van der Waals surface area contributed by atoms with Gasteiger partial charge in [0.25, 0.3) is 0 Å². The Morgan fingerprint density at radius 1 is 1.28 bits per heavy atom. The molecule has 2 aliphatic rings. The van der Waals surface area contributed by atoms with E-state index in [1.54, 1.807) is 0 Å². The summed E-state index contributed by atoms with van der Waals surface area (Å²) in [7, 11) is -0.918. The molecule has 18 heavy (non-hydrogen) atoms. The molecule has 0 aromatic heterocycles. The summed E-state index contributed by atoms with van der Waals surface area (Å²) in [4.78, 5) is 0. The standard InChI is InChI=1S/C13H25NO3S/c1-9(2)10(3)18(15)12-8-13(5-4-11(12)14)16-6-7-17-13/h9-12H,4-8,14H2,1-3H3. The van der Waals surface area contributed by atoms with Crippen LogP contribution in [0.15, 0.2) is 0 Å². The van der Waals surface area contributed by atoms with Gasteiger partial charge in [0.2, 0.25) is 0 Å². The zero-order valence-electron chi connectivity index (χ0n) is 11.6. The quantitative estimate of drug-likeness (QED) is 0.846. The molecule has 2 fully saturated rings. The van der Waals surface area contributed by atoms with E-state index in [1.165, 1.54) is 0 Å². The minimum absolute atomic E-state index is 0.00505. The molecular formula is C13H25NO3S. The third-order valence-corrected chi connectivity index (χ3v) is 6.66. The normalized spacial score (nSPS) is 34.9. The molecule has 1 saturated heterocycles. The van der Waals surface area contributed by atoms with Crippen molar-refractivity contribution in [2.75, 3.05) is 13.2 Å². The highest BCUT2D eigenvalue weighted by atomic mass is 32.2. The van der Waals surface area contributed by atoms with Crippen LogP contribution < -0.4 is 5.73 Å². The van der Waals surface area contributed by atoms with E-state index in [-0.39, 0.29) is 16.5 Å². The molecule has 4 atom stereocenters. The van der Waals surface area contributed by atoms with Crippen LogP contribution in [0.3, 0.4) is 0 Å². The molecule has 0 aromatic carbocycles. The van der Waals surface area contributed by atoms with Crippen LogP contribution in [0.1, 0.15) is 40.0 Å². The second-order valence-electron chi connectivity index (χ2n) is 5.83. The van der Waals surface area contributed by atoms with Gasteiger partial charge in [-0.15, -0.1) is 0 Å². The number of rotatable bonds is 3. The van der Waals surface area contributed by atoms with Gasteiger partial charge < -0.3 is 15.2 Å². The SMILES string of the molecule is CC(C)C(C)S(=O)C1CC2(CCC1N)OCCO2. The van der Waals surface area contributed by atoms with Crippen molar-refractivity contribution in [3.8, 4) is 0 Å². The number of nitrogens with two attached hydrogens (primary N) is 1. The lowest BCUT2D eigenvalue weighted by Crippen LogP contribution is -2.52. The van der Waals surface area contributed by atoms with Gasteiger partial charge in [0.15, 0.2) is 5.79 Å². The van der Waals surface area contributed by atoms with Crippen molar-refractivity contribution in [3.05, 3.63) is 0 Å². The van der Waals surface area contributed by atoms with Gasteiger partial charge in [-0.3, -0.25) is 4.21 Å². The van der Waals surface area contributed by atoms with Crippen molar-refractivity contribution in [3.63, 3.8) is 0 Å². The van der Waals surface area contributed by atoms with Crippen LogP contribution >= 0.6 is 0 Å². The van der Waals surface area contributed by atoms with Gasteiger partial charge in [-0.1, -0.05) is 20.8 Å². The lowest BCUT2D eigenvalue weighted by Gasteiger charge is -2.40. The summed E-state index contributed by atoms with van der Waals surface area (Å²) < 4.78 is 24.1. The van der Waals surface area contributed by atoms with Crippen LogP contribution in [0.5, 0.6) is 0 Å². The highest BCUT2D eigenvalue weighted by Crippen LogP contribution is 2.38. The van der Waals surface area contributed by atoms with Crippen LogP contribution in [-0.2, 0) is 20.3 Å². The van der Waals surface area contributed by atoms with E-state index < -0.39 is 16.6 Å². The summed E-state index contributed by atoms with van der Waals surface area (Å²) in [6.45, 7) is 7.55. The molecular weight excluding hydrogens is 250 g/mol. The average molecular weight is 275 g/mol. The summed E-state index contributed by atoms with van der Waals surface area (Å²) in [6.07, 6.45) is 2.34. The van der Waals surface area contributed by atoms with E-state index in [0.717, 1.165) is 12.8 Å². The maximum Gasteiger partial charge on any atom is 0.169 e. The number of hydrogen-bond acceptors (Lipinski definition) is 4. The molecule has 0 amide bonds. The molecule has 1 heterocycles. The first-order valence-corrected chi connectivity index (χ1v) is 8.16. The van der Waals surface area contributed by atoms with Gasteiger partial charge in [-0.05, 0) is 12.3 Å². The fourth-order valence-electron chi connectivity index (χ4n) is 2.69. The van der Waals surface area contributed by atoms with Gasteiger partial charge >= 0.3 is 0 Å². The van der Waals surface area contributed by atoms with Crippen LogP contribution in [0.2, 0.25) is 0 Å². The predicted molar refractivity (Wildman–Crippen MR) is 72.7 cm³/mol. The highest BCUT2D eigenvalue weighted by molar-refractivity contribution is 7.86. The Balaban J connectivity index is 2.08. The van der Waals surface area contributed by atoms with E-state index in [2.05, 4.69) is 13.8 Å². The average Bonchev–Trinajstić information content (AvgIpc) is 2.79. The second-order valence-corrected chi connectivity index (χ2v) is 7.84. The summed E-state index contributed by atoms with van der Waals surface area (Å²) in [5.41, 5.74) is 6.16. The van der Waals surface area contributed by atoms with E-state index in [4.69, 9.17) is 15.2 Å². The molecule has 0 radical (unpaired) electrons. The third-order valence-electron chi connectivity index (χ3n) is 4.27. The molecule has 0 bridgehead atoms. The largest absolute Gasteiger partial charge is 0.347 e. The van der Waals surface area contributed by atoms with Crippen LogP contribution in [0, 0.1) is 5.92 Å². The monoisotopic (exact) mass is 275 g/mol. The molecule has 1 aliphatic carbocycles. The summed E-state index contributed by atoms with van der Waals surface area (Å²) >= 11 is 0. The minimum atomic E-state index is -0.918. The number of hydrogen-bond donors (Lipinski definition) is 1. The zero-order valence-corrected chi connectivity index (χ0v) is 12.4. The first kappa shape index (κ1) is 14.4.